The van der Waals surface area contributed by atoms with E-state index in [4.69, 9.17) is 0 Å². The number of carbonyl (C=O) groups excluding carboxylic acids is 2. The molecule has 2 heterocycles. The Labute approximate surface area is 154 Å². The molecule has 26 heavy (non-hydrogen) atoms. The van der Waals surface area contributed by atoms with Crippen LogP contribution in [0.15, 0.2) is 30.3 Å². The third-order valence-electron chi connectivity index (χ3n) is 4.72. The van der Waals surface area contributed by atoms with Crippen LogP contribution in [0.5, 0.6) is 0 Å². The molecule has 2 amide bonds. The molecule has 6 heteroatoms. The van der Waals surface area contributed by atoms with E-state index in [1.807, 2.05) is 48.7 Å². The van der Waals surface area contributed by atoms with Gasteiger partial charge in [-0.3, -0.25) is 9.59 Å². The maximum atomic E-state index is 12.8. The molecule has 2 N–H and O–H groups in total. The van der Waals surface area contributed by atoms with Crippen LogP contribution < -0.4 is 10.6 Å². The summed E-state index contributed by atoms with van der Waals surface area (Å²) in [7, 11) is 0. The number of nitrogens with one attached hydrogen (secondary N) is 2. The van der Waals surface area contributed by atoms with Crippen molar-refractivity contribution in [3.63, 3.8) is 0 Å². The molecule has 0 aliphatic carbocycles. The Morgan fingerprint density at radius 1 is 1.19 bits per heavy atom. The summed E-state index contributed by atoms with van der Waals surface area (Å²) in [5.41, 5.74) is 2.31. The van der Waals surface area contributed by atoms with Gasteiger partial charge in [0.2, 0.25) is 0 Å². The molecule has 1 unspecified atom stereocenters. The smallest absolute Gasteiger partial charge is 0.287 e. The fourth-order valence-corrected chi connectivity index (χ4v) is 3.31. The lowest BCUT2D eigenvalue weighted by Gasteiger charge is -2.18. The van der Waals surface area contributed by atoms with Crippen molar-refractivity contribution < 1.29 is 9.59 Å². The van der Waals surface area contributed by atoms with E-state index < -0.39 is 0 Å². The first kappa shape index (κ1) is 18.2. The number of fused-ring (bicyclic) bond motifs is 1. The summed E-state index contributed by atoms with van der Waals surface area (Å²) in [6.45, 7) is 5.29. The van der Waals surface area contributed by atoms with Gasteiger partial charge in [0, 0.05) is 13.1 Å². The average Bonchev–Trinajstić information content (AvgIpc) is 3.06. The highest BCUT2D eigenvalue weighted by molar-refractivity contribution is 5.97. The number of rotatable bonds is 6. The molecule has 3 rings (SSSR count). The van der Waals surface area contributed by atoms with E-state index in [0.29, 0.717) is 18.1 Å². The second-order valence-electron chi connectivity index (χ2n) is 6.70. The molecule has 0 radical (unpaired) electrons. The number of aromatic nitrogens is 2. The maximum Gasteiger partial charge on any atom is 0.287 e. The highest BCUT2D eigenvalue weighted by atomic mass is 16.2. The van der Waals surface area contributed by atoms with E-state index in [1.165, 1.54) is 0 Å². The van der Waals surface area contributed by atoms with Crippen LogP contribution in [0.4, 0.5) is 0 Å². The van der Waals surface area contributed by atoms with E-state index in [9.17, 15) is 9.59 Å². The Morgan fingerprint density at radius 3 is 2.69 bits per heavy atom. The molecule has 1 aliphatic heterocycles. The quantitative estimate of drug-likeness (QED) is 0.837. The molecule has 0 saturated heterocycles. The van der Waals surface area contributed by atoms with Crippen LogP contribution in [0.25, 0.3) is 0 Å². The SMILES string of the molecule is CCCNC(=O)c1nc(C(=O)NC(C)c2ccccc2)n2c1CCCC2. The lowest BCUT2D eigenvalue weighted by molar-refractivity contribution is 0.0923. The lowest BCUT2D eigenvalue weighted by atomic mass is 10.1. The van der Waals surface area contributed by atoms with Crippen LogP contribution in [-0.4, -0.2) is 27.9 Å². The van der Waals surface area contributed by atoms with E-state index >= 15 is 0 Å². The van der Waals surface area contributed by atoms with Gasteiger partial charge in [-0.25, -0.2) is 4.98 Å². The summed E-state index contributed by atoms with van der Waals surface area (Å²) in [6.07, 6.45) is 3.65. The fraction of sp³-hybridized carbons (Fsp3) is 0.450. The fourth-order valence-electron chi connectivity index (χ4n) is 3.31. The monoisotopic (exact) mass is 354 g/mol. The van der Waals surface area contributed by atoms with Crippen molar-refractivity contribution in [2.45, 2.75) is 52.1 Å². The van der Waals surface area contributed by atoms with Crippen molar-refractivity contribution in [3.05, 3.63) is 53.1 Å². The van der Waals surface area contributed by atoms with Crippen LogP contribution in [0.3, 0.4) is 0 Å². The van der Waals surface area contributed by atoms with E-state index in [2.05, 4.69) is 15.6 Å². The Morgan fingerprint density at radius 2 is 1.96 bits per heavy atom. The Kier molecular flexibility index (Phi) is 5.71. The van der Waals surface area contributed by atoms with E-state index in [0.717, 1.165) is 43.5 Å². The first-order valence-electron chi connectivity index (χ1n) is 9.35. The molecule has 6 nitrogen and oxygen atoms in total. The van der Waals surface area contributed by atoms with Gasteiger partial charge in [-0.05, 0) is 38.2 Å². The normalized spacial score (nSPS) is 14.4. The molecule has 1 aromatic heterocycles. The van der Waals surface area contributed by atoms with Crippen molar-refractivity contribution in [1.29, 1.82) is 0 Å². The van der Waals surface area contributed by atoms with Crippen LogP contribution >= 0.6 is 0 Å². The van der Waals surface area contributed by atoms with Crippen molar-refractivity contribution in [2.24, 2.45) is 0 Å². The molecule has 138 valence electrons. The first-order chi connectivity index (χ1) is 12.6. The predicted octanol–water partition coefficient (Wildman–Crippen LogP) is 2.85. The number of amides is 2. The highest BCUT2D eigenvalue weighted by Crippen LogP contribution is 2.22. The molecule has 2 aromatic rings. The molecule has 1 aliphatic rings. The van der Waals surface area contributed by atoms with Gasteiger partial charge >= 0.3 is 0 Å². The zero-order valence-corrected chi connectivity index (χ0v) is 15.4. The Balaban J connectivity index is 1.83. The van der Waals surface area contributed by atoms with Crippen molar-refractivity contribution >= 4 is 11.8 Å². The summed E-state index contributed by atoms with van der Waals surface area (Å²) < 4.78 is 1.91. The van der Waals surface area contributed by atoms with Crippen LogP contribution in [0, 0.1) is 0 Å². The van der Waals surface area contributed by atoms with Crippen LogP contribution in [0.1, 0.15) is 71.5 Å². The second kappa shape index (κ2) is 8.17. The van der Waals surface area contributed by atoms with E-state index in [1.54, 1.807) is 0 Å². The third-order valence-corrected chi connectivity index (χ3v) is 4.72. The minimum absolute atomic E-state index is 0.127. The zero-order valence-electron chi connectivity index (χ0n) is 15.4. The highest BCUT2D eigenvalue weighted by Gasteiger charge is 2.27. The minimum atomic E-state index is -0.237. The number of carbonyl (C=O) groups is 2. The molecular formula is C20H26N4O2. The molecule has 0 fully saturated rings. The van der Waals surface area contributed by atoms with Gasteiger partial charge in [0.05, 0.1) is 11.7 Å². The largest absolute Gasteiger partial charge is 0.351 e. The van der Waals surface area contributed by atoms with Crippen LogP contribution in [-0.2, 0) is 13.0 Å². The average molecular weight is 354 g/mol. The number of benzene rings is 1. The Bertz CT molecular complexity index is 783. The summed E-state index contributed by atoms with van der Waals surface area (Å²) in [5.74, 6) is -0.0872. The maximum absolute atomic E-state index is 12.8. The molecule has 1 aromatic carbocycles. The third kappa shape index (κ3) is 3.79. The summed E-state index contributed by atoms with van der Waals surface area (Å²) in [4.78, 5) is 29.7. The number of nitrogens with zero attached hydrogens (tertiary/aromatic N) is 2. The summed E-state index contributed by atoms with van der Waals surface area (Å²) >= 11 is 0. The van der Waals surface area contributed by atoms with Crippen molar-refractivity contribution in [3.8, 4) is 0 Å². The summed E-state index contributed by atoms with van der Waals surface area (Å²) in [6, 6.07) is 9.68. The van der Waals surface area contributed by atoms with Gasteiger partial charge in [-0.15, -0.1) is 0 Å². The number of hydrogen-bond donors (Lipinski definition) is 2. The Hall–Kier alpha value is -2.63. The predicted molar refractivity (Wildman–Crippen MR) is 100 cm³/mol. The molecule has 1 atom stereocenters. The second-order valence-corrected chi connectivity index (χ2v) is 6.70. The standard InChI is InChI=1S/C20H26N4O2/c1-3-12-21-19(25)17-16-11-7-8-13-24(16)18(23-17)20(26)22-14(2)15-9-5-4-6-10-15/h4-6,9-10,14H,3,7-8,11-13H2,1-2H3,(H,21,25)(H,22,26). The summed E-state index contributed by atoms with van der Waals surface area (Å²) in [5, 5.41) is 5.88. The molecular weight excluding hydrogens is 328 g/mol. The van der Waals surface area contributed by atoms with Gasteiger partial charge in [0.1, 0.15) is 5.69 Å². The minimum Gasteiger partial charge on any atom is -0.351 e. The van der Waals surface area contributed by atoms with E-state index in [-0.39, 0.29) is 17.9 Å². The van der Waals surface area contributed by atoms with Gasteiger partial charge in [0.15, 0.2) is 5.82 Å². The van der Waals surface area contributed by atoms with Gasteiger partial charge in [0.25, 0.3) is 11.8 Å². The van der Waals surface area contributed by atoms with Gasteiger partial charge < -0.3 is 15.2 Å². The number of imidazole rings is 1. The molecule has 0 bridgehead atoms. The van der Waals surface area contributed by atoms with Crippen molar-refractivity contribution in [1.82, 2.24) is 20.2 Å². The zero-order chi connectivity index (χ0) is 18.5. The topological polar surface area (TPSA) is 76.0 Å². The van der Waals surface area contributed by atoms with Gasteiger partial charge in [-0.2, -0.15) is 0 Å². The number of hydrogen-bond acceptors (Lipinski definition) is 3. The van der Waals surface area contributed by atoms with Crippen molar-refractivity contribution in [2.75, 3.05) is 6.54 Å². The lowest BCUT2D eigenvalue weighted by Crippen LogP contribution is -2.30. The molecule has 0 spiro atoms. The molecule has 0 saturated carbocycles. The van der Waals surface area contributed by atoms with Gasteiger partial charge in [-0.1, -0.05) is 37.3 Å². The van der Waals surface area contributed by atoms with Crippen LogP contribution in [0.2, 0.25) is 0 Å². The first-order valence-corrected chi connectivity index (χ1v) is 9.35.